The summed E-state index contributed by atoms with van der Waals surface area (Å²) in [7, 11) is 0. The lowest BCUT2D eigenvalue weighted by Crippen LogP contribution is -2.42. The van der Waals surface area contributed by atoms with Gasteiger partial charge in [-0.05, 0) is 43.9 Å². The third-order valence-corrected chi connectivity index (χ3v) is 3.92. The van der Waals surface area contributed by atoms with E-state index in [1.54, 1.807) is 18.2 Å². The number of amides is 1. The third kappa shape index (κ3) is 5.91. The van der Waals surface area contributed by atoms with Gasteiger partial charge in [-0.1, -0.05) is 23.2 Å². The van der Waals surface area contributed by atoms with Gasteiger partial charge in [-0.3, -0.25) is 4.79 Å². The van der Waals surface area contributed by atoms with Gasteiger partial charge in [-0.2, -0.15) is 0 Å². The molecule has 1 aromatic carbocycles. The van der Waals surface area contributed by atoms with Crippen LogP contribution in [0.1, 0.15) is 25.7 Å². The maximum absolute atomic E-state index is 11.8. The molecule has 7 heteroatoms. The van der Waals surface area contributed by atoms with E-state index in [4.69, 9.17) is 33.7 Å². The molecule has 21 heavy (non-hydrogen) atoms. The van der Waals surface area contributed by atoms with Crippen molar-refractivity contribution in [3.05, 3.63) is 28.2 Å². The Morgan fingerprint density at radius 2 is 1.95 bits per heavy atom. The predicted molar refractivity (Wildman–Crippen MR) is 87.6 cm³/mol. The van der Waals surface area contributed by atoms with Gasteiger partial charge in [0.2, 0.25) is 0 Å². The number of nitrogens with two attached hydrogens (primary N) is 1. The lowest BCUT2D eigenvalue weighted by atomic mass is 9.92. The maximum atomic E-state index is 11.8. The molecule has 118 valence electrons. The number of nitrogens with one attached hydrogen (secondary N) is 1. The SMILES string of the molecule is Cl.NC1CCC(NC(=O)COc2ccc(Cl)cc2Cl)CC1. The van der Waals surface area contributed by atoms with E-state index in [0.29, 0.717) is 15.8 Å². The molecule has 4 nitrogen and oxygen atoms in total. The number of rotatable bonds is 4. The van der Waals surface area contributed by atoms with E-state index in [-0.39, 0.29) is 37.0 Å². The monoisotopic (exact) mass is 352 g/mol. The highest BCUT2D eigenvalue weighted by Crippen LogP contribution is 2.27. The highest BCUT2D eigenvalue weighted by atomic mass is 35.5. The van der Waals surface area contributed by atoms with Crippen molar-refractivity contribution in [2.24, 2.45) is 5.73 Å². The van der Waals surface area contributed by atoms with Gasteiger partial charge in [-0.25, -0.2) is 0 Å². The lowest BCUT2D eigenvalue weighted by molar-refractivity contribution is -0.124. The summed E-state index contributed by atoms with van der Waals surface area (Å²) in [6.45, 7) is -0.0517. The Morgan fingerprint density at radius 3 is 2.57 bits per heavy atom. The Kier molecular flexibility index (Phi) is 7.60. The van der Waals surface area contributed by atoms with Crippen LogP contribution in [-0.4, -0.2) is 24.6 Å². The lowest BCUT2D eigenvalue weighted by Gasteiger charge is -2.26. The fraction of sp³-hybridized carbons (Fsp3) is 0.500. The average molecular weight is 354 g/mol. The summed E-state index contributed by atoms with van der Waals surface area (Å²) in [6.07, 6.45) is 3.76. The van der Waals surface area contributed by atoms with Crippen LogP contribution in [0.2, 0.25) is 10.0 Å². The van der Waals surface area contributed by atoms with Crippen molar-refractivity contribution in [2.45, 2.75) is 37.8 Å². The van der Waals surface area contributed by atoms with Crippen LogP contribution in [0.4, 0.5) is 0 Å². The van der Waals surface area contributed by atoms with Gasteiger partial charge >= 0.3 is 0 Å². The third-order valence-electron chi connectivity index (χ3n) is 3.39. The first-order valence-electron chi connectivity index (χ1n) is 6.67. The van der Waals surface area contributed by atoms with E-state index in [9.17, 15) is 4.79 Å². The zero-order valence-electron chi connectivity index (χ0n) is 11.5. The summed E-state index contributed by atoms with van der Waals surface area (Å²) >= 11 is 11.8. The molecule has 0 atom stereocenters. The number of carbonyl (C=O) groups is 1. The van der Waals surface area contributed by atoms with Gasteiger partial charge in [0, 0.05) is 17.1 Å². The second-order valence-electron chi connectivity index (χ2n) is 5.04. The number of benzene rings is 1. The number of hydrogen-bond donors (Lipinski definition) is 2. The van der Waals surface area contributed by atoms with Crippen molar-refractivity contribution in [3.8, 4) is 5.75 Å². The first-order valence-corrected chi connectivity index (χ1v) is 7.43. The van der Waals surface area contributed by atoms with Gasteiger partial charge in [0.25, 0.3) is 5.91 Å². The molecule has 3 N–H and O–H groups in total. The fourth-order valence-corrected chi connectivity index (χ4v) is 2.73. The van der Waals surface area contributed by atoms with Crippen molar-refractivity contribution in [2.75, 3.05) is 6.61 Å². The van der Waals surface area contributed by atoms with Gasteiger partial charge in [0.15, 0.2) is 6.61 Å². The molecule has 0 radical (unpaired) electrons. The molecular weight excluding hydrogens is 335 g/mol. The second-order valence-corrected chi connectivity index (χ2v) is 5.89. The summed E-state index contributed by atoms with van der Waals surface area (Å²) in [5.74, 6) is 0.313. The minimum atomic E-state index is -0.142. The van der Waals surface area contributed by atoms with Crippen LogP contribution in [0.15, 0.2) is 18.2 Å². The van der Waals surface area contributed by atoms with Crippen LogP contribution in [0.25, 0.3) is 0 Å². The molecule has 0 spiro atoms. The van der Waals surface area contributed by atoms with Gasteiger partial charge in [-0.15, -0.1) is 12.4 Å². The summed E-state index contributed by atoms with van der Waals surface area (Å²) in [5.41, 5.74) is 5.83. The fourth-order valence-electron chi connectivity index (χ4n) is 2.27. The van der Waals surface area contributed by atoms with E-state index in [2.05, 4.69) is 5.32 Å². The van der Waals surface area contributed by atoms with Crippen molar-refractivity contribution in [1.29, 1.82) is 0 Å². The van der Waals surface area contributed by atoms with E-state index >= 15 is 0 Å². The topological polar surface area (TPSA) is 64.3 Å². The molecule has 1 aliphatic carbocycles. The number of hydrogen-bond acceptors (Lipinski definition) is 3. The number of ether oxygens (including phenoxy) is 1. The largest absolute Gasteiger partial charge is 0.482 e. The van der Waals surface area contributed by atoms with E-state index in [0.717, 1.165) is 25.7 Å². The molecule has 1 saturated carbocycles. The molecule has 0 heterocycles. The van der Waals surface area contributed by atoms with Crippen LogP contribution in [0.3, 0.4) is 0 Å². The van der Waals surface area contributed by atoms with E-state index in [1.165, 1.54) is 0 Å². The standard InChI is InChI=1S/C14H18Cl2N2O2.ClH/c15-9-1-6-13(12(16)7-9)20-8-14(19)18-11-4-2-10(17)3-5-11;/h1,6-7,10-11H,2-5,8,17H2,(H,18,19);1H. The molecular formula is C14H19Cl3N2O2. The number of carbonyl (C=O) groups excluding carboxylic acids is 1. The molecule has 1 fully saturated rings. The average Bonchev–Trinajstić information content (AvgIpc) is 2.40. The van der Waals surface area contributed by atoms with Crippen molar-refractivity contribution < 1.29 is 9.53 Å². The Hall–Kier alpha value is -0.680. The molecule has 1 amide bonds. The minimum Gasteiger partial charge on any atom is -0.482 e. The van der Waals surface area contributed by atoms with Crippen LogP contribution < -0.4 is 15.8 Å². The predicted octanol–water partition coefficient (Wildman–Crippen LogP) is 3.18. The highest BCUT2D eigenvalue weighted by Gasteiger charge is 2.20. The summed E-state index contributed by atoms with van der Waals surface area (Å²) < 4.78 is 5.39. The van der Waals surface area contributed by atoms with E-state index < -0.39 is 0 Å². The Balaban J connectivity index is 0.00000220. The summed E-state index contributed by atoms with van der Waals surface area (Å²) in [4.78, 5) is 11.8. The molecule has 0 aromatic heterocycles. The molecule has 2 rings (SSSR count). The first kappa shape index (κ1) is 18.4. The van der Waals surface area contributed by atoms with Crippen molar-refractivity contribution in [3.63, 3.8) is 0 Å². The van der Waals surface area contributed by atoms with Crippen LogP contribution in [0, 0.1) is 0 Å². The highest BCUT2D eigenvalue weighted by molar-refractivity contribution is 6.35. The number of halogens is 3. The zero-order chi connectivity index (χ0) is 14.5. The minimum absolute atomic E-state index is 0. The Bertz CT molecular complexity index is 477. The van der Waals surface area contributed by atoms with Crippen molar-refractivity contribution >= 4 is 41.5 Å². The molecule has 0 saturated heterocycles. The van der Waals surface area contributed by atoms with Crippen LogP contribution in [-0.2, 0) is 4.79 Å². The quantitative estimate of drug-likeness (QED) is 0.874. The van der Waals surface area contributed by atoms with Crippen LogP contribution in [0.5, 0.6) is 5.75 Å². The van der Waals surface area contributed by atoms with E-state index in [1.807, 2.05) is 0 Å². The summed E-state index contributed by atoms with van der Waals surface area (Å²) in [5, 5.41) is 3.88. The smallest absolute Gasteiger partial charge is 0.258 e. The Labute approximate surface area is 140 Å². The molecule has 1 aromatic rings. The van der Waals surface area contributed by atoms with Gasteiger partial charge < -0.3 is 15.8 Å². The maximum Gasteiger partial charge on any atom is 0.258 e. The normalized spacial score (nSPS) is 21.3. The van der Waals surface area contributed by atoms with Gasteiger partial charge in [0.1, 0.15) is 5.75 Å². The molecule has 1 aliphatic rings. The molecule has 0 bridgehead atoms. The summed E-state index contributed by atoms with van der Waals surface area (Å²) in [6, 6.07) is 5.37. The molecule has 0 aliphatic heterocycles. The van der Waals surface area contributed by atoms with Gasteiger partial charge in [0.05, 0.1) is 5.02 Å². The molecule has 0 unspecified atom stereocenters. The second kappa shape index (κ2) is 8.69. The Morgan fingerprint density at radius 1 is 1.29 bits per heavy atom. The first-order chi connectivity index (χ1) is 9.54. The zero-order valence-corrected chi connectivity index (χ0v) is 13.8. The van der Waals surface area contributed by atoms with Crippen LogP contribution >= 0.6 is 35.6 Å². The van der Waals surface area contributed by atoms with Crippen molar-refractivity contribution in [1.82, 2.24) is 5.32 Å².